The van der Waals surface area contributed by atoms with E-state index >= 15 is 0 Å². The van der Waals surface area contributed by atoms with Crippen LogP contribution >= 0.6 is 0 Å². The van der Waals surface area contributed by atoms with E-state index in [4.69, 9.17) is 5.11 Å². The van der Waals surface area contributed by atoms with E-state index in [2.05, 4.69) is 9.97 Å². The zero-order chi connectivity index (χ0) is 13.9. The third kappa shape index (κ3) is 1.54. The maximum Gasteiger partial charge on any atom is 0.307 e. The van der Waals surface area contributed by atoms with Gasteiger partial charge in [0.2, 0.25) is 0 Å². The first-order valence-electron chi connectivity index (χ1n) is 6.62. The third-order valence-electron chi connectivity index (χ3n) is 4.36. The van der Waals surface area contributed by atoms with Crippen molar-refractivity contribution in [2.45, 2.75) is 0 Å². The quantitative estimate of drug-likeness (QED) is 0.852. The summed E-state index contributed by atoms with van der Waals surface area (Å²) < 4.78 is 0. The fourth-order valence-corrected chi connectivity index (χ4v) is 3.26. The van der Waals surface area contributed by atoms with E-state index in [1.807, 2.05) is 24.3 Å². The monoisotopic (exact) mass is 271 g/mol. The Hall–Kier alpha value is -2.37. The number of imidazole rings is 1. The first-order chi connectivity index (χ1) is 9.65. The van der Waals surface area contributed by atoms with Crippen LogP contribution < -0.4 is 0 Å². The summed E-state index contributed by atoms with van der Waals surface area (Å²) in [6.07, 6.45) is 0. The molecule has 4 rings (SSSR count). The molecule has 2 aliphatic rings. The summed E-state index contributed by atoms with van der Waals surface area (Å²) >= 11 is 0. The van der Waals surface area contributed by atoms with Gasteiger partial charge in [0.15, 0.2) is 5.82 Å². The summed E-state index contributed by atoms with van der Waals surface area (Å²) in [7, 11) is 0. The molecule has 1 unspecified atom stereocenters. The molecule has 20 heavy (non-hydrogen) atoms. The van der Waals surface area contributed by atoms with Crippen molar-refractivity contribution in [3.63, 3.8) is 0 Å². The molecule has 2 fully saturated rings. The van der Waals surface area contributed by atoms with Gasteiger partial charge in [0.05, 0.1) is 17.0 Å². The molecule has 102 valence electrons. The number of carboxylic acids is 1. The van der Waals surface area contributed by atoms with E-state index in [0.29, 0.717) is 18.9 Å². The van der Waals surface area contributed by atoms with Crippen LogP contribution in [-0.2, 0) is 4.79 Å². The van der Waals surface area contributed by atoms with Gasteiger partial charge in [-0.1, -0.05) is 12.1 Å². The summed E-state index contributed by atoms with van der Waals surface area (Å²) in [5.41, 5.74) is 1.60. The van der Waals surface area contributed by atoms with Crippen LogP contribution in [0.25, 0.3) is 11.0 Å². The molecule has 2 N–H and O–H groups in total. The van der Waals surface area contributed by atoms with Gasteiger partial charge in [-0.2, -0.15) is 0 Å². The molecular formula is C14H13N3O3. The third-order valence-corrected chi connectivity index (χ3v) is 4.36. The number of H-pyrrole nitrogens is 1. The zero-order valence-corrected chi connectivity index (χ0v) is 10.6. The molecule has 6 nitrogen and oxygen atoms in total. The molecule has 0 bridgehead atoms. The van der Waals surface area contributed by atoms with Crippen LogP contribution in [0.15, 0.2) is 24.3 Å². The summed E-state index contributed by atoms with van der Waals surface area (Å²) in [6.45, 7) is 1.05. The molecule has 1 aliphatic heterocycles. The van der Waals surface area contributed by atoms with Crippen molar-refractivity contribution >= 4 is 22.9 Å². The molecule has 2 heterocycles. The highest BCUT2D eigenvalue weighted by Crippen LogP contribution is 2.51. The van der Waals surface area contributed by atoms with Crippen molar-refractivity contribution in [1.82, 2.24) is 14.9 Å². The molecule has 1 saturated heterocycles. The second-order valence-electron chi connectivity index (χ2n) is 5.50. The molecular weight excluding hydrogens is 258 g/mol. The smallest absolute Gasteiger partial charge is 0.307 e. The Kier molecular flexibility index (Phi) is 2.19. The fraction of sp³-hybridized carbons (Fsp3) is 0.357. The van der Waals surface area contributed by atoms with Gasteiger partial charge in [0.25, 0.3) is 5.91 Å². The van der Waals surface area contributed by atoms with Crippen LogP contribution in [0.2, 0.25) is 0 Å². The topological polar surface area (TPSA) is 86.3 Å². The minimum Gasteiger partial charge on any atom is -0.481 e. The van der Waals surface area contributed by atoms with Crippen LogP contribution in [0.4, 0.5) is 0 Å². The van der Waals surface area contributed by atoms with E-state index < -0.39 is 5.97 Å². The molecule has 1 saturated carbocycles. The zero-order valence-electron chi connectivity index (χ0n) is 10.6. The van der Waals surface area contributed by atoms with Crippen LogP contribution in [0.5, 0.6) is 0 Å². The largest absolute Gasteiger partial charge is 0.481 e. The molecule has 6 heteroatoms. The number of carboxylic acid groups (broad SMARTS) is 1. The number of aromatic amines is 1. The second-order valence-corrected chi connectivity index (χ2v) is 5.50. The lowest BCUT2D eigenvalue weighted by Gasteiger charge is -2.17. The first-order valence-corrected chi connectivity index (χ1v) is 6.62. The first kappa shape index (κ1) is 11.5. The number of likely N-dealkylation sites (tertiary alicyclic amines) is 1. The Morgan fingerprint density at radius 3 is 2.60 bits per heavy atom. The van der Waals surface area contributed by atoms with Gasteiger partial charge in [-0.25, -0.2) is 4.98 Å². The molecule has 1 aromatic heterocycles. The lowest BCUT2D eigenvalue weighted by molar-refractivity contribution is -0.139. The summed E-state index contributed by atoms with van der Waals surface area (Å²) in [5.74, 6) is -0.552. The minimum atomic E-state index is -0.740. The highest BCUT2D eigenvalue weighted by atomic mass is 16.4. The number of aromatic nitrogens is 2. The van der Waals surface area contributed by atoms with Gasteiger partial charge in [-0.3, -0.25) is 9.59 Å². The number of amides is 1. The summed E-state index contributed by atoms with van der Waals surface area (Å²) in [6, 6.07) is 7.49. The Morgan fingerprint density at radius 2 is 1.95 bits per heavy atom. The summed E-state index contributed by atoms with van der Waals surface area (Å²) in [4.78, 5) is 32.3. The number of fused-ring (bicyclic) bond motifs is 2. The number of para-hydroxylation sites is 2. The van der Waals surface area contributed by atoms with E-state index in [-0.39, 0.29) is 23.7 Å². The van der Waals surface area contributed by atoms with Gasteiger partial charge in [0, 0.05) is 13.1 Å². The van der Waals surface area contributed by atoms with Gasteiger partial charge >= 0.3 is 5.97 Å². The van der Waals surface area contributed by atoms with Gasteiger partial charge in [-0.15, -0.1) is 0 Å². The molecule has 1 aliphatic carbocycles. The normalized spacial score (nSPS) is 27.6. The maximum absolute atomic E-state index is 12.3. The minimum absolute atomic E-state index is 0.126. The van der Waals surface area contributed by atoms with E-state index in [0.717, 1.165) is 11.0 Å². The maximum atomic E-state index is 12.3. The number of rotatable bonds is 2. The molecule has 0 spiro atoms. The van der Waals surface area contributed by atoms with Crippen molar-refractivity contribution in [3.05, 3.63) is 30.1 Å². The van der Waals surface area contributed by atoms with Gasteiger partial charge in [0.1, 0.15) is 0 Å². The molecule has 0 radical (unpaired) electrons. The lowest BCUT2D eigenvalue weighted by Crippen LogP contribution is -2.33. The van der Waals surface area contributed by atoms with E-state index in [1.165, 1.54) is 0 Å². The average molecular weight is 271 g/mol. The van der Waals surface area contributed by atoms with Crippen molar-refractivity contribution < 1.29 is 14.7 Å². The highest BCUT2D eigenvalue weighted by Gasteiger charge is 2.60. The van der Waals surface area contributed by atoms with E-state index in [1.54, 1.807) is 4.90 Å². The van der Waals surface area contributed by atoms with Crippen molar-refractivity contribution in [1.29, 1.82) is 0 Å². The number of nitrogens with zero attached hydrogens (tertiary/aromatic N) is 2. The Bertz CT molecular complexity index is 678. The number of hydrogen-bond acceptors (Lipinski definition) is 3. The molecule has 3 atom stereocenters. The average Bonchev–Trinajstić information content (AvgIpc) is 2.82. The number of benzene rings is 1. The predicted molar refractivity (Wildman–Crippen MR) is 70.1 cm³/mol. The van der Waals surface area contributed by atoms with Crippen molar-refractivity contribution in [3.8, 4) is 0 Å². The molecule has 2 aromatic rings. The van der Waals surface area contributed by atoms with Crippen LogP contribution in [0, 0.1) is 17.8 Å². The second kappa shape index (κ2) is 3.82. The Morgan fingerprint density at radius 1 is 1.25 bits per heavy atom. The van der Waals surface area contributed by atoms with Crippen LogP contribution in [0.3, 0.4) is 0 Å². The Labute approximate surface area is 114 Å². The van der Waals surface area contributed by atoms with Gasteiger partial charge in [-0.05, 0) is 24.0 Å². The molecule has 1 aromatic carbocycles. The van der Waals surface area contributed by atoms with Crippen LogP contribution in [0.1, 0.15) is 10.6 Å². The highest BCUT2D eigenvalue weighted by molar-refractivity contribution is 5.94. The van der Waals surface area contributed by atoms with Crippen molar-refractivity contribution in [2.24, 2.45) is 17.8 Å². The lowest BCUT2D eigenvalue weighted by atomic mass is 10.2. The van der Waals surface area contributed by atoms with Crippen LogP contribution in [-0.4, -0.2) is 44.9 Å². The summed E-state index contributed by atoms with van der Waals surface area (Å²) in [5, 5.41) is 8.97. The van der Waals surface area contributed by atoms with E-state index in [9.17, 15) is 9.59 Å². The SMILES string of the molecule is O=C(O)C1[C@H]2CN(C(=O)c3nc4ccccc4[nH]3)C[C@@H]12. The van der Waals surface area contributed by atoms with Gasteiger partial charge < -0.3 is 15.0 Å². The standard InChI is InChI=1S/C14H13N3O3/c18-13(12-15-9-3-1-2-4-10(9)16-12)17-5-7-8(6-17)11(7)14(19)20/h1-4,7-8,11H,5-6H2,(H,15,16)(H,19,20)/t7-,8+,11?. The number of aliphatic carboxylic acids is 1. The Balaban J connectivity index is 1.53. The molecule has 1 amide bonds. The number of carbonyl (C=O) groups is 2. The number of carbonyl (C=O) groups excluding carboxylic acids is 1. The van der Waals surface area contributed by atoms with Crippen molar-refractivity contribution in [2.75, 3.05) is 13.1 Å². The number of hydrogen-bond donors (Lipinski definition) is 2. The predicted octanol–water partition coefficient (Wildman–Crippen LogP) is 0.966. The fourth-order valence-electron chi connectivity index (χ4n) is 3.26. The number of piperidine rings is 1. The number of nitrogens with one attached hydrogen (secondary N) is 1.